The van der Waals surface area contributed by atoms with Gasteiger partial charge < -0.3 is 76.0 Å². The number of aliphatic hydroxyl groups is 8. The van der Waals surface area contributed by atoms with Gasteiger partial charge in [-0.3, -0.25) is 9.87 Å². The van der Waals surface area contributed by atoms with Crippen molar-refractivity contribution in [3.8, 4) is 0 Å². The van der Waals surface area contributed by atoms with Crippen LogP contribution in [-0.2, 0) is 33.8 Å². The van der Waals surface area contributed by atoms with Gasteiger partial charge in [0.15, 0.2) is 18.9 Å². The summed E-state index contributed by atoms with van der Waals surface area (Å²) >= 11 is 0. The minimum atomic E-state index is -4.75. The van der Waals surface area contributed by atoms with Gasteiger partial charge in [0, 0.05) is 0 Å². The van der Waals surface area contributed by atoms with Gasteiger partial charge in [-0.25, -0.2) is 0 Å². The van der Waals surface area contributed by atoms with Crippen LogP contribution in [0.2, 0.25) is 0 Å². The zero-order valence-electron chi connectivity index (χ0n) is 21.3. The molecule has 0 aromatic heterocycles. The van der Waals surface area contributed by atoms with E-state index in [-0.39, 0.29) is 0 Å². The highest BCUT2D eigenvalue weighted by Gasteiger charge is 2.53. The molecular formula is C20H39N3O16S. The molecule has 40 heavy (non-hydrogen) atoms. The van der Waals surface area contributed by atoms with Crippen LogP contribution < -0.4 is 16.8 Å². The third-order valence-electron chi connectivity index (χ3n) is 7.16. The summed E-state index contributed by atoms with van der Waals surface area (Å²) in [6.07, 6.45) is -18.9. The monoisotopic (exact) mass is 609 g/mol. The molecular weight excluding hydrogens is 570 g/mol. The number of aliphatic hydroxyl groups excluding tert-OH is 8. The van der Waals surface area contributed by atoms with Crippen LogP contribution in [0.5, 0.6) is 0 Å². The summed E-state index contributed by atoms with van der Waals surface area (Å²) in [5.41, 5.74) is 11.6. The Morgan fingerprint density at radius 1 is 0.750 bits per heavy atom. The third kappa shape index (κ3) is 7.07. The molecule has 19 nitrogen and oxygen atoms in total. The van der Waals surface area contributed by atoms with E-state index in [1.54, 1.807) is 0 Å². The van der Waals surface area contributed by atoms with Crippen molar-refractivity contribution < 1.29 is 77.5 Å². The van der Waals surface area contributed by atoms with E-state index in [1.807, 2.05) is 0 Å². The Kier molecular flexibility index (Phi) is 11.6. The summed E-state index contributed by atoms with van der Waals surface area (Å²) in [5.74, 6) is 0. The standard InChI is InChI=1S/C20H39N3O16S/c1-5(40(32,33)34)23-11-15(30)17(38-19-10(22)13(28)12(27)6(2-24)36-19)8(4-26)37-20(11)39-16-7(3-25)35-18(31)9(21)14(16)29/h5-20,23-31H,2-4,21-22H2,1H3,(H,32,33,34)/t5?,6-,7-,8-,9-,10-,11-,12-,13-,14-,15-,16?,17?,18-,19+,20+/m1/s1. The smallest absolute Gasteiger partial charge is 0.280 e. The first-order chi connectivity index (χ1) is 18.7. The van der Waals surface area contributed by atoms with Crippen molar-refractivity contribution >= 4 is 10.1 Å². The lowest BCUT2D eigenvalue weighted by Gasteiger charge is -2.49. The van der Waals surface area contributed by atoms with E-state index in [0.717, 1.165) is 6.92 Å². The van der Waals surface area contributed by atoms with Crippen LogP contribution in [0.4, 0.5) is 0 Å². The molecule has 14 N–H and O–H groups in total. The third-order valence-corrected chi connectivity index (χ3v) is 8.19. The van der Waals surface area contributed by atoms with Gasteiger partial charge in [0.1, 0.15) is 60.3 Å². The largest absolute Gasteiger partial charge is 0.394 e. The maximum atomic E-state index is 11.7. The first kappa shape index (κ1) is 33.8. The van der Waals surface area contributed by atoms with E-state index >= 15 is 0 Å². The second-order valence-electron chi connectivity index (χ2n) is 9.87. The maximum Gasteiger partial charge on any atom is 0.280 e. The summed E-state index contributed by atoms with van der Waals surface area (Å²) in [4.78, 5) is 0. The zero-order chi connectivity index (χ0) is 30.1. The van der Waals surface area contributed by atoms with E-state index in [9.17, 15) is 53.8 Å². The summed E-state index contributed by atoms with van der Waals surface area (Å²) in [6, 6.07) is -4.42. The number of hydrogen-bond donors (Lipinski definition) is 12. The molecule has 0 aromatic carbocycles. The molecule has 0 bridgehead atoms. The Morgan fingerprint density at radius 2 is 1.25 bits per heavy atom. The molecule has 3 aliphatic rings. The van der Waals surface area contributed by atoms with Gasteiger partial charge in [-0.1, -0.05) is 0 Å². The van der Waals surface area contributed by atoms with Crippen molar-refractivity contribution in [1.82, 2.24) is 5.32 Å². The molecule has 0 spiro atoms. The van der Waals surface area contributed by atoms with Crippen LogP contribution in [0.1, 0.15) is 6.92 Å². The highest BCUT2D eigenvalue weighted by molar-refractivity contribution is 7.86. The molecule has 0 radical (unpaired) electrons. The van der Waals surface area contributed by atoms with Gasteiger partial charge in [-0.15, -0.1) is 0 Å². The number of nitrogens with two attached hydrogens (primary N) is 2. The van der Waals surface area contributed by atoms with Gasteiger partial charge in [0.2, 0.25) is 0 Å². The number of rotatable bonds is 10. The summed E-state index contributed by atoms with van der Waals surface area (Å²) in [5, 5.41) is 81.8. The normalized spacial score (nSPS) is 47.6. The molecule has 16 atom stereocenters. The van der Waals surface area contributed by atoms with Gasteiger partial charge in [-0.05, 0) is 6.92 Å². The van der Waals surface area contributed by atoms with Crippen molar-refractivity contribution in [2.45, 2.75) is 104 Å². The molecule has 3 heterocycles. The Bertz CT molecular complexity index is 916. The first-order valence-corrected chi connectivity index (χ1v) is 13.9. The highest BCUT2D eigenvalue weighted by atomic mass is 32.2. The van der Waals surface area contributed by atoms with Gasteiger partial charge in [0.05, 0.1) is 37.9 Å². The first-order valence-electron chi connectivity index (χ1n) is 12.4. The fraction of sp³-hybridized carbons (Fsp3) is 1.00. The van der Waals surface area contributed by atoms with E-state index < -0.39 is 127 Å². The van der Waals surface area contributed by atoms with Crippen molar-refractivity contribution in [2.24, 2.45) is 11.5 Å². The lowest BCUT2D eigenvalue weighted by Crippen LogP contribution is -2.70. The molecule has 3 saturated heterocycles. The molecule has 0 saturated carbocycles. The van der Waals surface area contributed by atoms with E-state index in [0.29, 0.717) is 0 Å². The quantitative estimate of drug-likeness (QED) is 0.102. The molecule has 3 rings (SSSR count). The molecule has 3 aliphatic heterocycles. The number of ether oxygens (including phenoxy) is 5. The summed E-state index contributed by atoms with van der Waals surface area (Å²) in [6.45, 7) is -1.33. The van der Waals surface area contributed by atoms with Crippen molar-refractivity contribution in [3.05, 3.63) is 0 Å². The predicted octanol–water partition coefficient (Wildman–Crippen LogP) is -7.81. The van der Waals surface area contributed by atoms with Crippen LogP contribution in [0, 0.1) is 0 Å². The van der Waals surface area contributed by atoms with Gasteiger partial charge >= 0.3 is 0 Å². The lowest BCUT2D eigenvalue weighted by atomic mass is 9.94. The predicted molar refractivity (Wildman–Crippen MR) is 127 cm³/mol. The van der Waals surface area contributed by atoms with Gasteiger partial charge in [0.25, 0.3) is 10.1 Å². The zero-order valence-corrected chi connectivity index (χ0v) is 22.1. The second kappa shape index (κ2) is 13.7. The molecule has 3 fully saturated rings. The Labute approximate surface area is 228 Å². The van der Waals surface area contributed by atoms with Crippen LogP contribution in [0.15, 0.2) is 0 Å². The molecule has 3 unspecified atom stereocenters. The topological polar surface area (TPSA) is 326 Å². The summed E-state index contributed by atoms with van der Waals surface area (Å²) < 4.78 is 60.7. The van der Waals surface area contributed by atoms with Crippen LogP contribution in [-0.4, -0.2) is 171 Å². The molecule has 0 aromatic rings. The van der Waals surface area contributed by atoms with E-state index in [2.05, 4.69) is 5.32 Å². The van der Waals surface area contributed by atoms with Gasteiger partial charge in [-0.2, -0.15) is 8.42 Å². The van der Waals surface area contributed by atoms with Crippen LogP contribution in [0.3, 0.4) is 0 Å². The Hall–Kier alpha value is -0.730. The van der Waals surface area contributed by atoms with Crippen LogP contribution in [0.25, 0.3) is 0 Å². The SMILES string of the molecule is CC(N[C@H]1[C@H](OC2[C@@H](CO)O[C@@H](O)[C@H](N)[C@H]2O)O[C@H](CO)C(O[C@@H]2O[C@H](CO)[C@@H](O)[C@H](O)[C@H]2N)[C@@H]1O)S(=O)(=O)O. The minimum Gasteiger partial charge on any atom is -0.394 e. The Morgan fingerprint density at radius 3 is 1.80 bits per heavy atom. The molecule has 236 valence electrons. The average Bonchev–Trinajstić information content (AvgIpc) is 2.91. The maximum absolute atomic E-state index is 11.7. The highest BCUT2D eigenvalue weighted by Crippen LogP contribution is 2.32. The fourth-order valence-electron chi connectivity index (χ4n) is 4.69. The molecule has 20 heteroatoms. The van der Waals surface area contributed by atoms with Crippen molar-refractivity contribution in [2.75, 3.05) is 19.8 Å². The van der Waals surface area contributed by atoms with Crippen molar-refractivity contribution in [3.63, 3.8) is 0 Å². The summed E-state index contributed by atoms with van der Waals surface area (Å²) in [7, 11) is -4.75. The number of hydrogen-bond acceptors (Lipinski definition) is 18. The fourth-order valence-corrected chi connectivity index (χ4v) is 5.02. The van der Waals surface area contributed by atoms with E-state index in [1.165, 1.54) is 0 Å². The van der Waals surface area contributed by atoms with E-state index in [4.69, 9.17) is 35.2 Å². The average molecular weight is 610 g/mol. The second-order valence-corrected chi connectivity index (χ2v) is 11.6. The van der Waals surface area contributed by atoms with Crippen LogP contribution >= 0.6 is 0 Å². The number of nitrogens with one attached hydrogen (secondary N) is 1. The minimum absolute atomic E-state index is 0.738. The lowest BCUT2D eigenvalue weighted by molar-refractivity contribution is -0.350. The molecule has 0 aliphatic carbocycles. The molecule has 0 amide bonds. The van der Waals surface area contributed by atoms with Crippen molar-refractivity contribution in [1.29, 1.82) is 0 Å². The Balaban J connectivity index is 1.90.